The van der Waals surface area contributed by atoms with Crippen LogP contribution in [0.15, 0.2) is 24.3 Å². The Balaban J connectivity index is 2.23. The molecule has 0 saturated heterocycles. The van der Waals surface area contributed by atoms with E-state index in [0.29, 0.717) is 5.56 Å². The van der Waals surface area contributed by atoms with E-state index in [9.17, 15) is 13.2 Å². The van der Waals surface area contributed by atoms with Crippen LogP contribution in [0.25, 0.3) is 0 Å². The molecule has 0 spiro atoms. The molecule has 0 bridgehead atoms. The zero-order valence-corrected chi connectivity index (χ0v) is 10.9. The number of hydrogen-bond donors (Lipinski definition) is 3. The normalized spacial score (nSPS) is 10.6. The highest BCUT2D eigenvalue weighted by molar-refractivity contribution is 6.33. The van der Waals surface area contributed by atoms with Crippen LogP contribution in [-0.4, -0.2) is 0 Å². The monoisotopic (exact) mass is 301 g/mol. The van der Waals surface area contributed by atoms with Crippen LogP contribution >= 0.6 is 11.6 Å². The minimum Gasteiger partial charge on any atom is -0.397 e. The largest absolute Gasteiger partial charge is 0.397 e. The number of nitrogen functional groups attached to an aromatic ring is 2. The van der Waals surface area contributed by atoms with Gasteiger partial charge in [-0.15, -0.1) is 0 Å². The van der Waals surface area contributed by atoms with Gasteiger partial charge in [0.05, 0.1) is 17.1 Å². The van der Waals surface area contributed by atoms with Crippen LogP contribution < -0.4 is 16.8 Å². The molecule has 0 heterocycles. The molecule has 2 aromatic carbocycles. The van der Waals surface area contributed by atoms with E-state index in [2.05, 4.69) is 5.32 Å². The van der Waals surface area contributed by atoms with E-state index in [0.717, 1.165) is 12.1 Å². The quantitative estimate of drug-likeness (QED) is 0.760. The van der Waals surface area contributed by atoms with Gasteiger partial charge in [0.25, 0.3) is 0 Å². The number of nitrogens with two attached hydrogens (primary N) is 2. The smallest absolute Gasteiger partial charge is 0.169 e. The van der Waals surface area contributed by atoms with Crippen molar-refractivity contribution in [3.8, 4) is 0 Å². The van der Waals surface area contributed by atoms with Crippen LogP contribution in [0, 0.1) is 17.5 Å². The number of hydrogen-bond acceptors (Lipinski definition) is 3. The highest BCUT2D eigenvalue weighted by Gasteiger charge is 2.14. The second-order valence-corrected chi connectivity index (χ2v) is 4.54. The summed E-state index contributed by atoms with van der Waals surface area (Å²) < 4.78 is 39.7. The fraction of sp³-hybridized carbons (Fsp3) is 0.0769. The minimum atomic E-state index is -0.979. The van der Waals surface area contributed by atoms with E-state index in [1.165, 1.54) is 12.1 Å². The lowest BCUT2D eigenvalue weighted by Crippen LogP contribution is -2.07. The molecule has 0 aliphatic heterocycles. The lowest BCUT2D eigenvalue weighted by atomic mass is 10.2. The van der Waals surface area contributed by atoms with E-state index in [1.807, 2.05) is 0 Å². The number of anilines is 3. The predicted molar refractivity (Wildman–Crippen MR) is 73.9 cm³/mol. The third-order valence-corrected chi connectivity index (χ3v) is 3.10. The summed E-state index contributed by atoms with van der Waals surface area (Å²) >= 11 is 5.68. The van der Waals surface area contributed by atoms with Crippen molar-refractivity contribution in [2.45, 2.75) is 6.54 Å². The summed E-state index contributed by atoms with van der Waals surface area (Å²) in [6.07, 6.45) is 0. The molecule has 0 atom stereocenters. The van der Waals surface area contributed by atoms with Crippen molar-refractivity contribution in [2.75, 3.05) is 16.8 Å². The molecule has 2 rings (SSSR count). The zero-order chi connectivity index (χ0) is 14.9. The van der Waals surface area contributed by atoms with Gasteiger partial charge in [0.15, 0.2) is 17.5 Å². The molecule has 106 valence electrons. The summed E-state index contributed by atoms with van der Waals surface area (Å²) in [6.45, 7) is 0.0541. The van der Waals surface area contributed by atoms with Crippen molar-refractivity contribution in [1.82, 2.24) is 0 Å². The van der Waals surface area contributed by atoms with Gasteiger partial charge < -0.3 is 16.8 Å². The van der Waals surface area contributed by atoms with Gasteiger partial charge in [-0.05, 0) is 23.8 Å². The minimum absolute atomic E-state index is 0.0278. The second kappa shape index (κ2) is 5.50. The zero-order valence-electron chi connectivity index (χ0n) is 10.2. The Labute approximate surface area is 118 Å². The maximum atomic E-state index is 13.9. The second-order valence-electron chi connectivity index (χ2n) is 4.16. The fourth-order valence-electron chi connectivity index (χ4n) is 1.69. The molecule has 0 fully saturated rings. The van der Waals surface area contributed by atoms with Crippen LogP contribution in [0.3, 0.4) is 0 Å². The van der Waals surface area contributed by atoms with E-state index in [4.69, 9.17) is 23.1 Å². The van der Waals surface area contributed by atoms with Crippen molar-refractivity contribution in [3.05, 3.63) is 52.3 Å². The highest BCUT2D eigenvalue weighted by Crippen LogP contribution is 2.33. The van der Waals surface area contributed by atoms with Crippen LogP contribution in [0.2, 0.25) is 5.02 Å². The Morgan fingerprint density at radius 2 is 1.70 bits per heavy atom. The van der Waals surface area contributed by atoms with Gasteiger partial charge in [-0.1, -0.05) is 17.7 Å². The molecule has 3 nitrogen and oxygen atoms in total. The first-order valence-electron chi connectivity index (χ1n) is 5.61. The van der Waals surface area contributed by atoms with Gasteiger partial charge in [-0.25, -0.2) is 13.2 Å². The Bertz CT molecular complexity index is 662. The third kappa shape index (κ3) is 2.75. The van der Waals surface area contributed by atoms with Crippen LogP contribution in [-0.2, 0) is 6.54 Å². The molecule has 5 N–H and O–H groups in total. The number of rotatable bonds is 3. The summed E-state index contributed by atoms with van der Waals surface area (Å²) in [4.78, 5) is 0. The van der Waals surface area contributed by atoms with E-state index >= 15 is 0 Å². The summed E-state index contributed by atoms with van der Waals surface area (Å²) in [7, 11) is 0. The average Bonchev–Trinajstić information content (AvgIpc) is 2.40. The SMILES string of the molecule is Nc1cc(N)c(NCc2ccc(F)c(F)c2)c(F)c1Cl. The predicted octanol–water partition coefficient (Wildman–Crippen LogP) is 3.53. The summed E-state index contributed by atoms with van der Waals surface area (Å²) in [5, 5.41) is 2.44. The van der Waals surface area contributed by atoms with E-state index < -0.39 is 17.5 Å². The van der Waals surface area contributed by atoms with Crippen molar-refractivity contribution in [2.24, 2.45) is 0 Å². The molecule has 2 aromatic rings. The van der Waals surface area contributed by atoms with Crippen LogP contribution in [0.1, 0.15) is 5.56 Å². The van der Waals surface area contributed by atoms with Gasteiger partial charge in [0.2, 0.25) is 0 Å². The highest BCUT2D eigenvalue weighted by atomic mass is 35.5. The third-order valence-electron chi connectivity index (χ3n) is 2.72. The van der Waals surface area contributed by atoms with Crippen molar-refractivity contribution in [3.63, 3.8) is 0 Å². The Hall–Kier alpha value is -2.08. The molecule has 0 amide bonds. The van der Waals surface area contributed by atoms with Crippen LogP contribution in [0.4, 0.5) is 30.2 Å². The first-order valence-corrected chi connectivity index (χ1v) is 5.98. The molecule has 0 radical (unpaired) electrons. The van der Waals surface area contributed by atoms with Crippen molar-refractivity contribution >= 4 is 28.7 Å². The van der Waals surface area contributed by atoms with E-state index in [1.54, 1.807) is 0 Å². The summed E-state index contributed by atoms with van der Waals surface area (Å²) in [5.41, 5.74) is 11.6. The molecular formula is C13H11ClF3N3. The number of benzene rings is 2. The molecule has 0 unspecified atom stereocenters. The Morgan fingerprint density at radius 3 is 2.35 bits per heavy atom. The average molecular weight is 302 g/mol. The molecule has 0 saturated carbocycles. The van der Waals surface area contributed by atoms with Crippen molar-refractivity contribution < 1.29 is 13.2 Å². The lowest BCUT2D eigenvalue weighted by molar-refractivity contribution is 0.507. The maximum absolute atomic E-state index is 13.9. The topological polar surface area (TPSA) is 64.1 Å². The van der Waals surface area contributed by atoms with Crippen LogP contribution in [0.5, 0.6) is 0 Å². The summed E-state index contributed by atoms with van der Waals surface area (Å²) in [6, 6.07) is 4.69. The van der Waals surface area contributed by atoms with Gasteiger partial charge in [-0.2, -0.15) is 0 Å². The molecule has 0 aromatic heterocycles. The van der Waals surface area contributed by atoms with Gasteiger partial charge in [-0.3, -0.25) is 0 Å². The lowest BCUT2D eigenvalue weighted by Gasteiger charge is -2.13. The molecule has 20 heavy (non-hydrogen) atoms. The van der Waals surface area contributed by atoms with Crippen molar-refractivity contribution in [1.29, 1.82) is 0 Å². The Kier molecular flexibility index (Phi) is 3.94. The van der Waals surface area contributed by atoms with Gasteiger partial charge in [0.1, 0.15) is 5.02 Å². The Morgan fingerprint density at radius 1 is 1.00 bits per heavy atom. The molecular weight excluding hydrogens is 291 g/mol. The molecule has 0 aliphatic rings. The summed E-state index contributed by atoms with van der Waals surface area (Å²) in [5.74, 6) is -2.71. The number of nitrogens with one attached hydrogen (secondary N) is 1. The van der Waals surface area contributed by atoms with E-state index in [-0.39, 0.29) is 28.6 Å². The molecule has 7 heteroatoms. The standard InChI is InChI=1S/C13H11ClF3N3/c14-11-9(18)4-10(19)13(12(11)17)20-5-6-1-2-7(15)8(16)3-6/h1-4,20H,5,18-19H2. The number of halogens is 4. The van der Waals surface area contributed by atoms with Gasteiger partial charge >= 0.3 is 0 Å². The molecule has 0 aliphatic carbocycles. The first kappa shape index (κ1) is 14.3. The first-order chi connectivity index (χ1) is 9.40. The van der Waals surface area contributed by atoms with Gasteiger partial charge in [0, 0.05) is 6.54 Å². The maximum Gasteiger partial charge on any atom is 0.169 e. The fourth-order valence-corrected chi connectivity index (χ4v) is 1.84.